The molecule has 0 aromatic heterocycles. The van der Waals surface area contributed by atoms with Crippen LogP contribution in [0.15, 0.2) is 18.2 Å². The van der Waals surface area contributed by atoms with Gasteiger partial charge in [-0.2, -0.15) is 0 Å². The van der Waals surface area contributed by atoms with E-state index in [2.05, 4.69) is 15.5 Å². The van der Waals surface area contributed by atoms with Crippen LogP contribution < -0.4 is 10.6 Å². The Bertz CT molecular complexity index is 861. The van der Waals surface area contributed by atoms with Crippen molar-refractivity contribution in [2.75, 3.05) is 25.0 Å². The zero-order chi connectivity index (χ0) is 22.7. The first-order valence-corrected chi connectivity index (χ1v) is 11.7. The lowest BCUT2D eigenvalue weighted by atomic mass is 9.81. The van der Waals surface area contributed by atoms with Gasteiger partial charge in [-0.25, -0.2) is 4.39 Å². The first-order valence-electron chi connectivity index (χ1n) is 11.7. The van der Waals surface area contributed by atoms with Gasteiger partial charge in [-0.3, -0.25) is 19.7 Å². The largest absolute Gasteiger partial charge is 0.481 e. The molecule has 3 fully saturated rings. The lowest BCUT2D eigenvalue weighted by Gasteiger charge is -2.36. The highest BCUT2D eigenvalue weighted by molar-refractivity contribution is 6.01. The van der Waals surface area contributed by atoms with Gasteiger partial charge in [-0.05, 0) is 87.6 Å². The molecule has 2 heterocycles. The number of piperidine rings is 2. The Kier molecular flexibility index (Phi) is 7.08. The maximum absolute atomic E-state index is 14.9. The fraction of sp³-hybridized carbons (Fsp3) is 0.625. The van der Waals surface area contributed by atoms with Crippen molar-refractivity contribution in [2.24, 2.45) is 11.8 Å². The van der Waals surface area contributed by atoms with Crippen LogP contribution in [0.25, 0.3) is 0 Å². The first kappa shape index (κ1) is 22.7. The van der Waals surface area contributed by atoms with Gasteiger partial charge in [-0.1, -0.05) is 6.07 Å². The van der Waals surface area contributed by atoms with Gasteiger partial charge < -0.3 is 15.3 Å². The maximum Gasteiger partial charge on any atom is 0.306 e. The summed E-state index contributed by atoms with van der Waals surface area (Å²) in [6.45, 7) is 2.87. The normalized spacial score (nSPS) is 27.7. The summed E-state index contributed by atoms with van der Waals surface area (Å²) in [5.74, 6) is -0.983. The number of halogens is 1. The topological polar surface area (TPSA) is 98.7 Å². The lowest BCUT2D eigenvalue weighted by Crippen LogP contribution is -2.47. The number of aliphatic carboxylic acids is 1. The van der Waals surface area contributed by atoms with E-state index in [0.29, 0.717) is 18.0 Å². The predicted molar refractivity (Wildman–Crippen MR) is 118 cm³/mol. The summed E-state index contributed by atoms with van der Waals surface area (Å²) in [7, 11) is 0. The van der Waals surface area contributed by atoms with Crippen molar-refractivity contribution in [1.82, 2.24) is 10.2 Å². The van der Waals surface area contributed by atoms with Crippen molar-refractivity contribution >= 4 is 23.5 Å². The summed E-state index contributed by atoms with van der Waals surface area (Å²) in [4.78, 5) is 36.7. The molecule has 1 saturated carbocycles. The van der Waals surface area contributed by atoms with Gasteiger partial charge >= 0.3 is 5.97 Å². The molecule has 8 heteroatoms. The molecule has 32 heavy (non-hydrogen) atoms. The van der Waals surface area contributed by atoms with Gasteiger partial charge in [0.1, 0.15) is 11.9 Å². The number of nitrogens with one attached hydrogen (secondary N) is 2. The second kappa shape index (κ2) is 9.98. The van der Waals surface area contributed by atoms with Crippen LogP contribution in [0.3, 0.4) is 0 Å². The quantitative estimate of drug-likeness (QED) is 0.582. The third-order valence-corrected chi connectivity index (χ3v) is 7.32. The number of nitrogens with zero attached hydrogens (tertiary/aromatic N) is 1. The predicted octanol–water partition coefficient (Wildman–Crippen LogP) is 3.11. The molecule has 1 aromatic carbocycles. The van der Waals surface area contributed by atoms with Gasteiger partial charge in [0, 0.05) is 18.7 Å². The molecule has 2 aliphatic heterocycles. The highest BCUT2D eigenvalue weighted by Gasteiger charge is 2.30. The third kappa shape index (κ3) is 5.46. The fourth-order valence-corrected chi connectivity index (χ4v) is 5.36. The average molecular weight is 446 g/mol. The number of imide groups is 1. The fourth-order valence-electron chi connectivity index (χ4n) is 5.36. The summed E-state index contributed by atoms with van der Waals surface area (Å²) in [5.41, 5.74) is 1.27. The number of likely N-dealkylation sites (tertiary alicyclic amines) is 1. The van der Waals surface area contributed by atoms with E-state index in [-0.39, 0.29) is 35.9 Å². The zero-order valence-electron chi connectivity index (χ0n) is 18.3. The van der Waals surface area contributed by atoms with Gasteiger partial charge in [0.25, 0.3) is 0 Å². The summed E-state index contributed by atoms with van der Waals surface area (Å²) in [5, 5.41) is 14.5. The Morgan fingerprint density at radius 2 is 1.81 bits per heavy atom. The molecule has 1 atom stereocenters. The molecule has 2 saturated heterocycles. The molecule has 0 bridgehead atoms. The number of amides is 2. The minimum atomic E-state index is -0.662. The first-order chi connectivity index (χ1) is 15.4. The zero-order valence-corrected chi connectivity index (χ0v) is 18.3. The smallest absolute Gasteiger partial charge is 0.306 e. The molecule has 4 rings (SSSR count). The molecule has 1 aromatic rings. The van der Waals surface area contributed by atoms with Crippen LogP contribution in [0.4, 0.5) is 10.1 Å². The van der Waals surface area contributed by atoms with E-state index in [4.69, 9.17) is 5.11 Å². The molecule has 174 valence electrons. The van der Waals surface area contributed by atoms with E-state index in [1.165, 1.54) is 6.07 Å². The number of benzene rings is 1. The van der Waals surface area contributed by atoms with Crippen molar-refractivity contribution in [1.29, 1.82) is 0 Å². The third-order valence-electron chi connectivity index (χ3n) is 7.32. The van der Waals surface area contributed by atoms with Gasteiger partial charge in [0.15, 0.2) is 0 Å². The Hall–Kier alpha value is -2.48. The number of hydrogen-bond donors (Lipinski definition) is 3. The van der Waals surface area contributed by atoms with Crippen LogP contribution in [0, 0.1) is 17.7 Å². The van der Waals surface area contributed by atoms with Crippen LogP contribution in [0.2, 0.25) is 0 Å². The Morgan fingerprint density at radius 1 is 1.09 bits per heavy atom. The second-order valence-electron chi connectivity index (χ2n) is 9.52. The number of anilines is 1. The van der Waals surface area contributed by atoms with Crippen molar-refractivity contribution in [3.63, 3.8) is 0 Å². The van der Waals surface area contributed by atoms with Gasteiger partial charge in [0.05, 0.1) is 5.92 Å². The number of carboxylic acid groups (broad SMARTS) is 1. The summed E-state index contributed by atoms with van der Waals surface area (Å²) in [6, 6.07) is 4.56. The number of rotatable bonds is 6. The van der Waals surface area contributed by atoms with Crippen molar-refractivity contribution in [2.45, 2.75) is 63.3 Å². The summed E-state index contributed by atoms with van der Waals surface area (Å²) >= 11 is 0. The van der Waals surface area contributed by atoms with Crippen LogP contribution in [-0.2, 0) is 14.4 Å². The Morgan fingerprint density at radius 3 is 2.44 bits per heavy atom. The SMILES string of the molecule is O=C1CCC(Nc2ccc(C3CCN(C[C@H]4CC[C@H](C(=O)O)CC4)CC3)c(F)c2)C(=O)N1. The van der Waals surface area contributed by atoms with E-state index in [1.54, 1.807) is 0 Å². The molecule has 3 N–H and O–H groups in total. The van der Waals surface area contributed by atoms with E-state index in [0.717, 1.165) is 63.7 Å². The number of hydrogen-bond acceptors (Lipinski definition) is 5. The average Bonchev–Trinajstić information content (AvgIpc) is 2.77. The molecular formula is C24H32FN3O4. The van der Waals surface area contributed by atoms with E-state index in [9.17, 15) is 18.8 Å². The van der Waals surface area contributed by atoms with E-state index < -0.39 is 12.0 Å². The summed E-state index contributed by atoms with van der Waals surface area (Å²) < 4.78 is 14.9. The van der Waals surface area contributed by atoms with Crippen molar-refractivity contribution in [3.05, 3.63) is 29.6 Å². The van der Waals surface area contributed by atoms with Gasteiger partial charge in [-0.15, -0.1) is 0 Å². The molecular weight excluding hydrogens is 413 g/mol. The maximum atomic E-state index is 14.9. The van der Waals surface area contributed by atoms with Crippen molar-refractivity contribution in [3.8, 4) is 0 Å². The molecule has 3 aliphatic rings. The van der Waals surface area contributed by atoms with Crippen LogP contribution >= 0.6 is 0 Å². The highest BCUT2D eigenvalue weighted by Crippen LogP contribution is 2.34. The minimum absolute atomic E-state index is 0.174. The molecule has 2 amide bonds. The lowest BCUT2D eigenvalue weighted by molar-refractivity contribution is -0.143. The standard InChI is InChI=1S/C24H32FN3O4/c25-20-13-18(26-21-7-8-22(29)27-23(21)30)5-6-19(20)16-9-11-28(12-10-16)14-15-1-3-17(4-2-15)24(31)32/h5-6,13,15-17,21,26H,1-4,7-12,14H2,(H,31,32)(H,27,29,30)/t15-,17-,21?. The second-order valence-corrected chi connectivity index (χ2v) is 9.52. The Balaban J connectivity index is 1.26. The molecule has 1 aliphatic carbocycles. The van der Waals surface area contributed by atoms with Crippen LogP contribution in [-0.4, -0.2) is 53.5 Å². The van der Waals surface area contributed by atoms with Crippen molar-refractivity contribution < 1.29 is 23.9 Å². The molecule has 0 radical (unpaired) electrons. The number of carbonyl (C=O) groups is 3. The molecule has 7 nitrogen and oxygen atoms in total. The number of carboxylic acids is 1. The number of carbonyl (C=O) groups excluding carboxylic acids is 2. The monoisotopic (exact) mass is 445 g/mol. The summed E-state index contributed by atoms with van der Waals surface area (Å²) in [6.07, 6.45) is 6.01. The molecule has 1 unspecified atom stereocenters. The van der Waals surface area contributed by atoms with Gasteiger partial charge in [0.2, 0.25) is 11.8 Å². The van der Waals surface area contributed by atoms with Crippen LogP contribution in [0.5, 0.6) is 0 Å². The highest BCUT2D eigenvalue weighted by atomic mass is 19.1. The van der Waals surface area contributed by atoms with Crippen LogP contribution in [0.1, 0.15) is 62.8 Å². The minimum Gasteiger partial charge on any atom is -0.481 e. The van der Waals surface area contributed by atoms with E-state index >= 15 is 0 Å². The van der Waals surface area contributed by atoms with E-state index in [1.807, 2.05) is 12.1 Å². The molecule has 0 spiro atoms. The Labute approximate surface area is 187 Å².